The van der Waals surface area contributed by atoms with Crippen molar-refractivity contribution in [1.82, 2.24) is 8.80 Å². The second-order valence-electron chi connectivity index (χ2n) is 13.3. The van der Waals surface area contributed by atoms with Crippen LogP contribution >= 0.6 is 0 Å². The molecule has 11 aromatic rings. The molecule has 0 amide bonds. The largest absolute Gasteiger partial charge is 0.289 e. The normalized spacial score (nSPS) is 12.7. The summed E-state index contributed by atoms with van der Waals surface area (Å²) in [5.74, 6) is 0. The molecule has 0 fully saturated rings. The number of aromatic nitrogens is 2. The third kappa shape index (κ3) is 2.86. The first kappa shape index (κ1) is 25.8. The monoisotopic (exact) mass is 618 g/mol. The van der Waals surface area contributed by atoms with Crippen LogP contribution in [0.25, 0.3) is 97.5 Å². The van der Waals surface area contributed by atoms with E-state index in [-0.39, 0.29) is 22.0 Å². The van der Waals surface area contributed by atoms with E-state index in [0.717, 1.165) is 65.0 Å². The van der Waals surface area contributed by atoms with Gasteiger partial charge in [-0.25, -0.2) is 0 Å². The Morgan fingerprint density at radius 2 is 0.667 bits per heavy atom. The van der Waals surface area contributed by atoms with Crippen LogP contribution in [-0.4, -0.2) is 8.80 Å². The van der Waals surface area contributed by atoms with Gasteiger partial charge in [-0.15, -0.1) is 0 Å². The molecule has 0 saturated heterocycles. The van der Waals surface area contributed by atoms with Gasteiger partial charge in [0.05, 0.1) is 22.1 Å². The van der Waals surface area contributed by atoms with Gasteiger partial charge >= 0.3 is 0 Å². The molecule has 6 nitrogen and oxygen atoms in total. The Morgan fingerprint density at radius 1 is 0.333 bits per heavy atom. The van der Waals surface area contributed by atoms with Crippen LogP contribution in [-0.2, 0) is 0 Å². The molecule has 0 saturated carbocycles. The van der Waals surface area contributed by atoms with Gasteiger partial charge in [-0.2, -0.15) is 0 Å². The van der Waals surface area contributed by atoms with Crippen LogP contribution in [0.2, 0.25) is 0 Å². The Kier molecular flexibility index (Phi) is 4.45. The highest BCUT2D eigenvalue weighted by Gasteiger charge is 2.23. The zero-order chi connectivity index (χ0) is 32.3. The van der Waals surface area contributed by atoms with Crippen molar-refractivity contribution < 1.29 is 0 Å². The average Bonchev–Trinajstić information content (AvgIpc) is 3.09. The number of pyridine rings is 4. The fraction of sp³-hybridized carbons (Fsp3) is 0.0476. The van der Waals surface area contributed by atoms with Gasteiger partial charge in [-0.1, -0.05) is 59.7 Å². The van der Waals surface area contributed by atoms with E-state index in [0.29, 0.717) is 43.6 Å². The maximum Gasteiger partial charge on any atom is 0.263 e. The molecule has 0 aliphatic rings. The van der Waals surface area contributed by atoms with Gasteiger partial charge in [0, 0.05) is 55.2 Å². The molecule has 0 unspecified atom stereocenters. The molecule has 0 spiro atoms. The van der Waals surface area contributed by atoms with Crippen molar-refractivity contribution in [2.75, 3.05) is 0 Å². The first-order valence-corrected chi connectivity index (χ1v) is 15.9. The van der Waals surface area contributed by atoms with Crippen LogP contribution < -0.4 is 22.0 Å². The van der Waals surface area contributed by atoms with Crippen molar-refractivity contribution in [2.45, 2.75) is 13.8 Å². The Hall–Kier alpha value is -6.40. The quantitative estimate of drug-likeness (QED) is 0.128. The number of nitrogens with zero attached hydrogens (tertiary/aromatic N) is 2. The SMILES string of the molecule is Cc1ccc2c(c1)c(=O)cc1c3ccc4c5ccc6c7c(ccc(c8ccc(c(=O)n21)c3c84)c57)c(=O)n1c2ccc(C)cc2c(=O)cc61. The van der Waals surface area contributed by atoms with E-state index in [1.807, 2.05) is 86.6 Å². The predicted molar refractivity (Wildman–Crippen MR) is 197 cm³/mol. The van der Waals surface area contributed by atoms with Crippen molar-refractivity contribution in [1.29, 1.82) is 0 Å². The molecule has 11 rings (SSSR count). The highest BCUT2D eigenvalue weighted by Crippen LogP contribution is 2.45. The second-order valence-corrected chi connectivity index (χ2v) is 13.3. The fourth-order valence-electron chi connectivity index (χ4n) is 8.62. The number of aryl methyl sites for hydroxylation is 2. The van der Waals surface area contributed by atoms with Crippen LogP contribution in [0.4, 0.5) is 0 Å². The number of fused-ring (bicyclic) bond motifs is 10. The lowest BCUT2D eigenvalue weighted by Crippen LogP contribution is -2.19. The van der Waals surface area contributed by atoms with Gasteiger partial charge in [-0.05, 0) is 82.6 Å². The highest BCUT2D eigenvalue weighted by atomic mass is 16.1. The molecule has 0 aliphatic carbocycles. The summed E-state index contributed by atoms with van der Waals surface area (Å²) in [6.45, 7) is 3.87. The van der Waals surface area contributed by atoms with Crippen molar-refractivity contribution in [3.05, 3.63) is 149 Å². The molecule has 6 heteroatoms. The van der Waals surface area contributed by atoms with Gasteiger partial charge in [0.15, 0.2) is 10.9 Å². The minimum absolute atomic E-state index is 0.117. The van der Waals surface area contributed by atoms with E-state index < -0.39 is 0 Å². The topological polar surface area (TPSA) is 77.1 Å². The van der Waals surface area contributed by atoms with E-state index >= 15 is 0 Å². The van der Waals surface area contributed by atoms with Crippen LogP contribution in [0.15, 0.2) is 116 Å². The summed E-state index contributed by atoms with van der Waals surface area (Å²) in [7, 11) is 0. The van der Waals surface area contributed by atoms with E-state index in [2.05, 4.69) is 12.1 Å². The fourth-order valence-corrected chi connectivity index (χ4v) is 8.62. The lowest BCUT2D eigenvalue weighted by atomic mass is 9.85. The average molecular weight is 619 g/mol. The van der Waals surface area contributed by atoms with Crippen molar-refractivity contribution in [3.63, 3.8) is 0 Å². The second kappa shape index (κ2) is 8.30. The Morgan fingerprint density at radius 3 is 1.06 bits per heavy atom. The molecule has 0 bridgehead atoms. The molecule has 0 N–H and O–H groups in total. The van der Waals surface area contributed by atoms with E-state index in [1.165, 1.54) is 0 Å². The van der Waals surface area contributed by atoms with Crippen LogP contribution in [0.5, 0.6) is 0 Å². The summed E-state index contributed by atoms with van der Waals surface area (Å²) in [5, 5.41) is 11.3. The summed E-state index contributed by atoms with van der Waals surface area (Å²) in [4.78, 5) is 55.3. The standard InChI is InChI=1S/C42H22N2O4/c1-19-3-13-31-29(15-19)35(45)17-33-25-9-5-21-22-6-10-26-34-18-36(46)30-16-20(2)4-14-32(30)44(34)42(48)28-12-8-24(38(22)40(26)28)23-7-11-27(39(25)37(21)23)41(47)43(31)33/h3-18H,1-2H3. The first-order chi connectivity index (χ1) is 23.3. The zero-order valence-corrected chi connectivity index (χ0v) is 25.8. The summed E-state index contributed by atoms with van der Waals surface area (Å²) in [6, 6.07) is 30.4. The van der Waals surface area contributed by atoms with E-state index in [4.69, 9.17) is 0 Å². The maximum atomic E-state index is 14.3. The third-order valence-corrected chi connectivity index (χ3v) is 10.7. The van der Waals surface area contributed by atoms with E-state index in [1.54, 1.807) is 20.9 Å². The summed E-state index contributed by atoms with van der Waals surface area (Å²) >= 11 is 0. The minimum atomic E-state index is -0.166. The molecular weight excluding hydrogens is 596 g/mol. The Labute approximate surface area is 268 Å². The van der Waals surface area contributed by atoms with Gasteiger partial charge in [0.2, 0.25) is 0 Å². The van der Waals surface area contributed by atoms with Crippen molar-refractivity contribution in [3.8, 4) is 0 Å². The van der Waals surface area contributed by atoms with Gasteiger partial charge in [0.1, 0.15) is 0 Å². The van der Waals surface area contributed by atoms with Crippen LogP contribution in [0.3, 0.4) is 0 Å². The van der Waals surface area contributed by atoms with Crippen molar-refractivity contribution >= 4 is 97.5 Å². The molecular formula is C42H22N2O4. The molecule has 7 aromatic carbocycles. The smallest absolute Gasteiger partial charge is 0.263 e. The van der Waals surface area contributed by atoms with Gasteiger partial charge < -0.3 is 0 Å². The summed E-state index contributed by atoms with van der Waals surface area (Å²) in [6.07, 6.45) is 0. The molecule has 224 valence electrons. The van der Waals surface area contributed by atoms with Gasteiger partial charge in [-0.3, -0.25) is 28.0 Å². The minimum Gasteiger partial charge on any atom is -0.289 e. The lowest BCUT2D eigenvalue weighted by molar-refractivity contribution is 1.18. The number of hydrogen-bond donors (Lipinski definition) is 0. The molecule has 0 radical (unpaired) electrons. The number of hydrogen-bond acceptors (Lipinski definition) is 4. The van der Waals surface area contributed by atoms with Crippen LogP contribution in [0.1, 0.15) is 11.1 Å². The molecule has 0 aliphatic heterocycles. The Balaban J connectivity index is 1.36. The zero-order valence-electron chi connectivity index (χ0n) is 25.8. The summed E-state index contributed by atoms with van der Waals surface area (Å²) in [5.41, 5.74) is 3.73. The predicted octanol–water partition coefficient (Wildman–Crippen LogP) is 7.79. The first-order valence-electron chi connectivity index (χ1n) is 15.9. The van der Waals surface area contributed by atoms with Crippen molar-refractivity contribution in [2.24, 2.45) is 0 Å². The molecule has 48 heavy (non-hydrogen) atoms. The van der Waals surface area contributed by atoms with Crippen LogP contribution in [0, 0.1) is 13.8 Å². The number of benzene rings is 7. The van der Waals surface area contributed by atoms with Gasteiger partial charge in [0.25, 0.3) is 11.1 Å². The summed E-state index contributed by atoms with van der Waals surface area (Å²) < 4.78 is 3.35. The molecule has 0 atom stereocenters. The Bertz CT molecular complexity index is 3300. The molecule has 4 aromatic heterocycles. The molecule has 4 heterocycles. The highest BCUT2D eigenvalue weighted by molar-refractivity contribution is 6.40. The maximum absolute atomic E-state index is 14.3. The lowest BCUT2D eigenvalue weighted by Gasteiger charge is -2.20. The third-order valence-electron chi connectivity index (χ3n) is 10.7. The number of rotatable bonds is 0. The van der Waals surface area contributed by atoms with E-state index in [9.17, 15) is 19.2 Å².